The van der Waals surface area contributed by atoms with Gasteiger partial charge in [0.2, 0.25) is 5.88 Å². The van der Waals surface area contributed by atoms with Gasteiger partial charge in [-0.2, -0.15) is 0 Å². The van der Waals surface area contributed by atoms with Gasteiger partial charge in [-0.05, 0) is 98.7 Å². The monoisotopic (exact) mass is 624 g/mol. The van der Waals surface area contributed by atoms with Crippen LogP contribution in [0.25, 0.3) is 11.1 Å². The number of carbonyl (C=O) groups is 1. The number of fused-ring (bicyclic) bond motifs is 4. The summed E-state index contributed by atoms with van der Waals surface area (Å²) in [5.41, 5.74) is 1.82. The number of rotatable bonds is 9. The van der Waals surface area contributed by atoms with Gasteiger partial charge in [0.25, 0.3) is 0 Å². The molecule has 45 heavy (non-hydrogen) atoms. The minimum atomic E-state index is -0.699. The number of aromatic hydroxyl groups is 4. The maximum absolute atomic E-state index is 12.4. The van der Waals surface area contributed by atoms with Crippen molar-refractivity contribution in [2.24, 2.45) is 53.3 Å². The molecule has 11 unspecified atom stereocenters. The van der Waals surface area contributed by atoms with Crippen molar-refractivity contribution in [3.63, 3.8) is 0 Å². The average molecular weight is 625 g/mol. The lowest BCUT2D eigenvalue weighted by Crippen LogP contribution is -2.41. The first-order valence-corrected chi connectivity index (χ1v) is 17.3. The molecular formula is C35H48N2O8. The van der Waals surface area contributed by atoms with Crippen LogP contribution in [-0.4, -0.2) is 67.0 Å². The van der Waals surface area contributed by atoms with Crippen LogP contribution in [0, 0.1) is 60.2 Å². The topological polar surface area (TPSA) is 161 Å². The van der Waals surface area contributed by atoms with Crippen molar-refractivity contribution in [2.45, 2.75) is 89.7 Å². The highest BCUT2D eigenvalue weighted by Gasteiger charge is 2.63. The molecule has 10 nitrogen and oxygen atoms in total. The fourth-order valence-electron chi connectivity index (χ4n) is 11.5. The molecule has 10 heteroatoms. The first-order chi connectivity index (χ1) is 21.7. The number of aromatic amines is 1. The highest BCUT2D eigenvalue weighted by molar-refractivity contribution is 5.84. The highest BCUT2D eigenvalue weighted by Crippen LogP contribution is 2.70. The molecule has 11 atom stereocenters. The molecule has 246 valence electrons. The van der Waals surface area contributed by atoms with Crippen molar-refractivity contribution >= 4 is 5.97 Å². The van der Waals surface area contributed by atoms with Crippen LogP contribution < -0.4 is 0 Å². The van der Waals surface area contributed by atoms with Crippen LogP contribution in [0.5, 0.6) is 23.5 Å². The lowest BCUT2D eigenvalue weighted by molar-refractivity contribution is -0.145. The molecule has 8 rings (SSSR count). The predicted molar refractivity (Wildman–Crippen MR) is 164 cm³/mol. The Morgan fingerprint density at radius 3 is 2.33 bits per heavy atom. The van der Waals surface area contributed by atoms with Gasteiger partial charge in [-0.1, -0.05) is 26.2 Å². The van der Waals surface area contributed by atoms with Crippen LogP contribution >= 0.6 is 0 Å². The number of epoxide rings is 1. The van der Waals surface area contributed by atoms with Crippen LogP contribution in [0.3, 0.4) is 0 Å². The number of ether oxygens (including phenoxy) is 2. The molecule has 4 bridgehead atoms. The standard InChI is InChI=1S/C35H48N2O8/c1-15-17-9-23(24(10-17)35(42)43)25(15)27-18-8-19(12-44-13-21-14-45-21)22(11-18)28(27)30-29(31(38)36-32(30)39)26-16(2)33(40)37(34(26)41)20-6-4-3-5-7-20/h15,17-25,27-28,36,38-41H,3-14H2,1-2H3,(H,42,43). The van der Waals surface area contributed by atoms with Crippen LogP contribution in [0.2, 0.25) is 0 Å². The summed E-state index contributed by atoms with van der Waals surface area (Å²) in [5.74, 6) is 0.412. The molecule has 6 N–H and O–H groups in total. The zero-order valence-electron chi connectivity index (χ0n) is 26.3. The van der Waals surface area contributed by atoms with Gasteiger partial charge in [0.05, 0.1) is 30.3 Å². The first kappa shape index (κ1) is 29.5. The van der Waals surface area contributed by atoms with E-state index in [1.54, 1.807) is 11.5 Å². The number of hydrogen-bond acceptors (Lipinski definition) is 7. The molecule has 0 amide bonds. The molecule has 0 spiro atoms. The molecule has 5 aliphatic carbocycles. The number of aliphatic carboxylic acids is 1. The Morgan fingerprint density at radius 2 is 1.64 bits per heavy atom. The molecule has 2 aromatic heterocycles. The molecule has 2 aromatic rings. The Bertz CT molecular complexity index is 1470. The third-order valence-electron chi connectivity index (χ3n) is 13.4. The summed E-state index contributed by atoms with van der Waals surface area (Å²) in [4.78, 5) is 15.2. The maximum atomic E-state index is 12.4. The van der Waals surface area contributed by atoms with Gasteiger partial charge in [0.15, 0.2) is 17.6 Å². The number of hydrogen-bond donors (Lipinski definition) is 6. The van der Waals surface area contributed by atoms with E-state index in [4.69, 9.17) is 9.47 Å². The second-order valence-corrected chi connectivity index (χ2v) is 15.4. The smallest absolute Gasteiger partial charge is 0.306 e. The van der Waals surface area contributed by atoms with Gasteiger partial charge in [-0.15, -0.1) is 0 Å². The Balaban J connectivity index is 1.22. The molecule has 1 saturated heterocycles. The molecule has 5 saturated carbocycles. The van der Waals surface area contributed by atoms with E-state index in [0.29, 0.717) is 53.2 Å². The molecular weight excluding hydrogens is 576 g/mol. The Morgan fingerprint density at radius 1 is 0.911 bits per heavy atom. The van der Waals surface area contributed by atoms with Crippen molar-refractivity contribution in [2.75, 3.05) is 19.8 Å². The van der Waals surface area contributed by atoms with E-state index in [9.17, 15) is 30.3 Å². The van der Waals surface area contributed by atoms with Crippen molar-refractivity contribution in [3.05, 3.63) is 11.1 Å². The number of aromatic nitrogens is 2. The molecule has 0 radical (unpaired) electrons. The summed E-state index contributed by atoms with van der Waals surface area (Å²) in [6.45, 7) is 5.98. The van der Waals surface area contributed by atoms with Crippen molar-refractivity contribution < 1.29 is 39.8 Å². The van der Waals surface area contributed by atoms with Crippen molar-refractivity contribution in [1.82, 2.24) is 9.55 Å². The summed E-state index contributed by atoms with van der Waals surface area (Å²) in [6, 6.07) is -0.0283. The normalized spacial score (nSPS) is 38.8. The molecule has 3 heterocycles. The van der Waals surface area contributed by atoms with Crippen molar-refractivity contribution in [1.29, 1.82) is 0 Å². The fourth-order valence-corrected chi connectivity index (χ4v) is 11.5. The Hall–Kier alpha value is -2.85. The van der Waals surface area contributed by atoms with Gasteiger partial charge in [0, 0.05) is 23.8 Å². The van der Waals surface area contributed by atoms with Gasteiger partial charge in [0.1, 0.15) is 6.10 Å². The van der Waals surface area contributed by atoms with E-state index in [-0.39, 0.29) is 77.1 Å². The summed E-state index contributed by atoms with van der Waals surface area (Å²) in [6.07, 6.45) is 8.74. The summed E-state index contributed by atoms with van der Waals surface area (Å²) in [5, 5.41) is 56.3. The zero-order valence-corrected chi connectivity index (χ0v) is 26.3. The minimum absolute atomic E-state index is 0.00419. The number of nitrogens with zero attached hydrogens (tertiary/aromatic N) is 1. The molecule has 6 aliphatic rings. The van der Waals surface area contributed by atoms with E-state index in [1.807, 2.05) is 0 Å². The number of carboxylic acids is 1. The third kappa shape index (κ3) is 4.52. The number of carboxylic acid groups (broad SMARTS) is 1. The number of H-pyrrole nitrogens is 1. The second kappa shape index (κ2) is 10.9. The summed E-state index contributed by atoms with van der Waals surface area (Å²) >= 11 is 0. The van der Waals surface area contributed by atoms with Crippen LogP contribution in [0.15, 0.2) is 0 Å². The maximum Gasteiger partial charge on any atom is 0.306 e. The van der Waals surface area contributed by atoms with E-state index >= 15 is 0 Å². The zero-order chi connectivity index (χ0) is 31.3. The first-order valence-electron chi connectivity index (χ1n) is 17.3. The van der Waals surface area contributed by atoms with E-state index in [2.05, 4.69) is 11.9 Å². The van der Waals surface area contributed by atoms with Gasteiger partial charge < -0.3 is 35.0 Å². The average Bonchev–Trinajstić information content (AvgIpc) is 3.34. The van der Waals surface area contributed by atoms with Gasteiger partial charge >= 0.3 is 5.97 Å². The van der Waals surface area contributed by atoms with Gasteiger partial charge in [-0.25, -0.2) is 0 Å². The van der Waals surface area contributed by atoms with Crippen LogP contribution in [0.1, 0.15) is 87.8 Å². The fraction of sp³-hybridized carbons (Fsp3) is 0.743. The third-order valence-corrected chi connectivity index (χ3v) is 13.4. The van der Waals surface area contributed by atoms with Crippen LogP contribution in [0.4, 0.5) is 0 Å². The molecule has 6 fully saturated rings. The molecule has 1 aliphatic heterocycles. The predicted octanol–water partition coefficient (Wildman–Crippen LogP) is 5.88. The highest BCUT2D eigenvalue weighted by atomic mass is 16.6. The summed E-state index contributed by atoms with van der Waals surface area (Å²) in [7, 11) is 0. The second-order valence-electron chi connectivity index (χ2n) is 15.4. The number of nitrogens with one attached hydrogen (secondary N) is 1. The summed E-state index contributed by atoms with van der Waals surface area (Å²) < 4.78 is 13.1. The molecule has 0 aromatic carbocycles. The van der Waals surface area contributed by atoms with E-state index in [0.717, 1.165) is 64.4 Å². The largest absolute Gasteiger partial charge is 0.494 e. The SMILES string of the molecule is Cc1c(-c2c(O)[nH]c(O)c2C2C3CC(CC3COCC3CO3)C2C2C(C)C3CC(C(=O)O)C2C3)c(O)n(C2CCCCC2)c1O. The van der Waals surface area contributed by atoms with Crippen molar-refractivity contribution in [3.8, 4) is 34.6 Å². The lowest BCUT2D eigenvalue weighted by Gasteiger charge is -2.45. The van der Waals surface area contributed by atoms with E-state index < -0.39 is 5.97 Å². The Labute approximate surface area is 263 Å². The van der Waals surface area contributed by atoms with Crippen LogP contribution in [-0.2, 0) is 14.3 Å². The minimum Gasteiger partial charge on any atom is -0.494 e. The van der Waals surface area contributed by atoms with E-state index in [1.165, 1.54) is 0 Å². The Kier molecular flexibility index (Phi) is 7.13. The lowest BCUT2D eigenvalue weighted by atomic mass is 9.59. The quantitative estimate of drug-likeness (QED) is 0.189. The van der Waals surface area contributed by atoms with Gasteiger partial charge in [-0.3, -0.25) is 14.3 Å².